The Labute approximate surface area is 120 Å². The van der Waals surface area contributed by atoms with Crippen LogP contribution in [-0.2, 0) is 5.31 Å². The summed E-state index contributed by atoms with van der Waals surface area (Å²) in [6, 6.07) is 1.41. The molecule has 0 aliphatic rings. The summed E-state index contributed by atoms with van der Waals surface area (Å²) < 4.78 is 0. The van der Waals surface area contributed by atoms with Crippen LogP contribution >= 0.6 is 0 Å². The van der Waals surface area contributed by atoms with Crippen LogP contribution in [0.5, 0.6) is 0 Å². The summed E-state index contributed by atoms with van der Waals surface area (Å²) in [6.45, 7) is 3.27. The highest BCUT2D eigenvalue weighted by molar-refractivity contribution is 6.17. The van der Waals surface area contributed by atoms with Crippen LogP contribution < -0.4 is 0 Å². The van der Waals surface area contributed by atoms with Crippen molar-refractivity contribution in [2.45, 2.75) is 32.0 Å². The lowest BCUT2D eigenvalue weighted by Gasteiger charge is -2.26. The van der Waals surface area contributed by atoms with Crippen molar-refractivity contribution in [2.75, 3.05) is 0 Å². The third kappa shape index (κ3) is 2.98. The molecule has 0 aromatic heterocycles. The van der Waals surface area contributed by atoms with Crippen molar-refractivity contribution in [2.24, 2.45) is 0 Å². The number of non-ortho nitro benzene ring substituents is 1. The number of nitrogens with zero attached hydrogens (tertiary/aromatic N) is 3. The van der Waals surface area contributed by atoms with Gasteiger partial charge in [0.25, 0.3) is 17.1 Å². The van der Waals surface area contributed by atoms with Crippen molar-refractivity contribution >= 4 is 24.9 Å². The fraction of sp³-hybridized carbons (Fsp3) is 0.455. The molecule has 0 spiro atoms. The molecular weight excluding hydrogens is 281 g/mol. The van der Waals surface area contributed by atoms with Gasteiger partial charge in [0.2, 0.25) is 0 Å². The first kappa shape index (κ1) is 16.5. The van der Waals surface area contributed by atoms with Gasteiger partial charge in [0.1, 0.15) is 5.56 Å². The number of hydrogen-bond donors (Lipinski definition) is 0. The van der Waals surface area contributed by atoms with E-state index in [4.69, 9.17) is 7.85 Å². The van der Waals surface area contributed by atoms with Crippen molar-refractivity contribution < 1.29 is 14.8 Å². The third-order valence-electron chi connectivity index (χ3n) is 3.45. The van der Waals surface area contributed by atoms with Crippen molar-refractivity contribution in [1.82, 2.24) is 0 Å². The second kappa shape index (κ2) is 5.86. The summed E-state index contributed by atoms with van der Waals surface area (Å²) in [5, 5.41) is 31.8. The van der Waals surface area contributed by atoms with E-state index in [1.165, 1.54) is 0 Å². The van der Waals surface area contributed by atoms with Crippen LogP contribution in [0.25, 0.3) is 0 Å². The van der Waals surface area contributed by atoms with E-state index in [0.29, 0.717) is 12.1 Å². The van der Waals surface area contributed by atoms with Gasteiger partial charge >= 0.3 is 0 Å². The van der Waals surface area contributed by atoms with Gasteiger partial charge < -0.3 is 0 Å². The van der Waals surface area contributed by atoms with Gasteiger partial charge in [-0.1, -0.05) is 26.7 Å². The van der Waals surface area contributed by atoms with Crippen LogP contribution in [0.3, 0.4) is 0 Å². The Morgan fingerprint density at radius 1 is 0.952 bits per heavy atom. The molecule has 110 valence electrons. The number of hydrogen-bond acceptors (Lipinski definition) is 6. The second-order valence-electron chi connectivity index (χ2n) is 4.49. The highest BCUT2D eigenvalue weighted by Crippen LogP contribution is 2.43. The Balaban J connectivity index is 3.86. The molecule has 0 atom stereocenters. The van der Waals surface area contributed by atoms with Crippen LogP contribution in [-0.4, -0.2) is 22.6 Å². The summed E-state index contributed by atoms with van der Waals surface area (Å²) >= 11 is 0. The Morgan fingerprint density at radius 2 is 1.33 bits per heavy atom. The minimum atomic E-state index is -1.31. The molecule has 9 nitrogen and oxygen atoms in total. The van der Waals surface area contributed by atoms with Crippen molar-refractivity contribution in [3.63, 3.8) is 0 Å². The predicted octanol–water partition coefficient (Wildman–Crippen LogP) is 2.60. The van der Waals surface area contributed by atoms with E-state index in [-0.39, 0.29) is 18.4 Å². The van der Waals surface area contributed by atoms with Gasteiger partial charge in [-0.15, -0.1) is 0 Å². The molecule has 2 radical (unpaired) electrons. The minimum Gasteiger partial charge on any atom is -0.258 e. The number of nitro groups is 3. The van der Waals surface area contributed by atoms with Gasteiger partial charge in [0.15, 0.2) is 0 Å². The number of benzene rings is 1. The first-order chi connectivity index (χ1) is 9.67. The van der Waals surface area contributed by atoms with E-state index in [1.54, 1.807) is 13.8 Å². The zero-order valence-electron chi connectivity index (χ0n) is 11.4. The minimum absolute atomic E-state index is 0.211. The highest BCUT2D eigenvalue weighted by atomic mass is 16.6. The van der Waals surface area contributed by atoms with E-state index in [1.807, 2.05) is 0 Å². The highest BCUT2D eigenvalue weighted by Gasteiger charge is 2.39. The molecule has 0 fully saturated rings. The van der Waals surface area contributed by atoms with E-state index < -0.39 is 37.1 Å². The molecule has 0 unspecified atom stereocenters. The molecule has 0 aliphatic carbocycles. The first-order valence-electron chi connectivity index (χ1n) is 6.08. The fourth-order valence-corrected chi connectivity index (χ4v) is 2.10. The molecule has 0 saturated heterocycles. The Hall–Kier alpha value is -2.52. The monoisotopic (exact) mass is 293 g/mol. The average molecular weight is 293 g/mol. The zero-order chi connectivity index (χ0) is 16.4. The van der Waals surface area contributed by atoms with E-state index in [9.17, 15) is 30.3 Å². The van der Waals surface area contributed by atoms with Gasteiger partial charge in [-0.25, -0.2) is 0 Å². The Morgan fingerprint density at radius 3 is 1.57 bits per heavy atom. The van der Waals surface area contributed by atoms with Gasteiger partial charge in [-0.2, -0.15) is 0 Å². The molecule has 0 amide bonds. The maximum Gasteiger partial charge on any atom is 0.286 e. The van der Waals surface area contributed by atoms with Crippen molar-refractivity contribution in [3.8, 4) is 0 Å². The summed E-state index contributed by atoms with van der Waals surface area (Å²) in [5.41, 5.74) is -2.41. The number of rotatable bonds is 6. The second-order valence-corrected chi connectivity index (χ2v) is 4.49. The van der Waals surface area contributed by atoms with Crippen LogP contribution in [0.1, 0.15) is 32.3 Å². The largest absolute Gasteiger partial charge is 0.286 e. The van der Waals surface area contributed by atoms with Crippen LogP contribution in [0.2, 0.25) is 0 Å². The SMILES string of the molecule is [B]C(CC)(CC)c1c([N+](=O)[O-])cc([N+](=O)[O-])cc1[N+](=O)[O-]. The Kier molecular flexibility index (Phi) is 4.61. The average Bonchev–Trinajstić information content (AvgIpc) is 2.44. The van der Waals surface area contributed by atoms with Gasteiger partial charge in [0.05, 0.1) is 34.7 Å². The van der Waals surface area contributed by atoms with Crippen molar-refractivity contribution in [1.29, 1.82) is 0 Å². The van der Waals surface area contributed by atoms with Gasteiger partial charge in [-0.05, 0) is 5.31 Å². The standard InChI is InChI=1S/C11H12BN3O6/c1-3-11(12,4-2)10-8(14(18)19)5-7(13(16)17)6-9(10)15(20)21/h5-6H,3-4H2,1-2H3. The van der Waals surface area contributed by atoms with Crippen LogP contribution in [0.4, 0.5) is 17.1 Å². The zero-order valence-corrected chi connectivity index (χ0v) is 11.4. The maximum atomic E-state index is 11.2. The molecule has 1 aromatic carbocycles. The topological polar surface area (TPSA) is 129 Å². The lowest BCUT2D eigenvalue weighted by atomic mass is 9.60. The maximum absolute atomic E-state index is 11.2. The molecule has 0 heterocycles. The molecule has 21 heavy (non-hydrogen) atoms. The first-order valence-corrected chi connectivity index (χ1v) is 6.08. The summed E-state index contributed by atoms with van der Waals surface area (Å²) in [7, 11) is 6.04. The molecule has 1 rings (SSSR count). The van der Waals surface area contributed by atoms with E-state index in [2.05, 4.69) is 0 Å². The molecule has 0 bridgehead atoms. The lowest BCUT2D eigenvalue weighted by Crippen LogP contribution is -2.27. The quantitative estimate of drug-likeness (QED) is 0.450. The molecule has 0 saturated carbocycles. The van der Waals surface area contributed by atoms with E-state index in [0.717, 1.165) is 0 Å². The smallest absolute Gasteiger partial charge is 0.258 e. The molecule has 1 aromatic rings. The van der Waals surface area contributed by atoms with E-state index >= 15 is 0 Å². The van der Waals surface area contributed by atoms with Crippen molar-refractivity contribution in [3.05, 3.63) is 48.0 Å². The summed E-state index contributed by atoms with van der Waals surface area (Å²) in [5.74, 6) is 0. The lowest BCUT2D eigenvalue weighted by molar-refractivity contribution is -0.404. The summed E-state index contributed by atoms with van der Waals surface area (Å²) in [4.78, 5) is 30.4. The predicted molar refractivity (Wildman–Crippen MR) is 74.4 cm³/mol. The molecule has 10 heteroatoms. The third-order valence-corrected chi connectivity index (χ3v) is 3.45. The molecular formula is C11H12BN3O6. The fourth-order valence-electron chi connectivity index (χ4n) is 2.10. The molecule has 0 N–H and O–H groups in total. The molecule has 0 aliphatic heterocycles. The van der Waals surface area contributed by atoms with Crippen LogP contribution in [0.15, 0.2) is 12.1 Å². The van der Waals surface area contributed by atoms with Gasteiger partial charge in [0, 0.05) is 0 Å². The summed E-state index contributed by atoms with van der Waals surface area (Å²) in [6.07, 6.45) is 0.423. The normalized spacial score (nSPS) is 11.1. The number of nitro benzene ring substituents is 3. The Bertz CT molecular complexity index is 579. The van der Waals surface area contributed by atoms with Crippen LogP contribution in [0, 0.1) is 30.3 Å². The van der Waals surface area contributed by atoms with Gasteiger partial charge in [-0.3, -0.25) is 30.3 Å².